The fourth-order valence-corrected chi connectivity index (χ4v) is 7.52. The second kappa shape index (κ2) is 13.3. The van der Waals surface area contributed by atoms with Crippen LogP contribution in [-0.4, -0.2) is 63.2 Å². The zero-order chi connectivity index (χ0) is 29.8. The van der Waals surface area contributed by atoms with E-state index >= 15 is 0 Å². The lowest BCUT2D eigenvalue weighted by Crippen LogP contribution is -2.55. The Morgan fingerprint density at radius 3 is 2.49 bits per heavy atom. The molecular formula is C34H38N4O4S. The van der Waals surface area contributed by atoms with Crippen LogP contribution in [0.2, 0.25) is 0 Å². The zero-order valence-electron chi connectivity index (χ0n) is 24.6. The van der Waals surface area contributed by atoms with Crippen LogP contribution in [0, 0.1) is 5.92 Å². The van der Waals surface area contributed by atoms with Crippen LogP contribution in [-0.2, 0) is 33.8 Å². The molecule has 3 aromatic rings. The molecule has 1 aliphatic carbocycles. The number of carbonyl (C=O) groups is 2. The van der Waals surface area contributed by atoms with Crippen molar-refractivity contribution in [3.8, 4) is 5.69 Å². The highest BCUT2D eigenvalue weighted by Crippen LogP contribution is 2.34. The molecule has 43 heavy (non-hydrogen) atoms. The smallest absolute Gasteiger partial charge is 0.330 e. The highest BCUT2D eigenvalue weighted by molar-refractivity contribution is 7.99. The van der Waals surface area contributed by atoms with Gasteiger partial charge in [0.05, 0.1) is 36.5 Å². The van der Waals surface area contributed by atoms with Crippen molar-refractivity contribution in [2.45, 2.75) is 62.0 Å². The maximum atomic E-state index is 14.0. The van der Waals surface area contributed by atoms with E-state index in [-0.39, 0.29) is 23.4 Å². The van der Waals surface area contributed by atoms with Gasteiger partial charge in [-0.2, -0.15) is 0 Å². The van der Waals surface area contributed by atoms with Gasteiger partial charge in [0.15, 0.2) is 5.16 Å². The van der Waals surface area contributed by atoms with E-state index in [9.17, 15) is 14.4 Å². The van der Waals surface area contributed by atoms with Crippen LogP contribution in [0.25, 0.3) is 11.8 Å². The Morgan fingerprint density at radius 1 is 1.02 bits per heavy atom. The van der Waals surface area contributed by atoms with E-state index in [1.54, 1.807) is 22.4 Å². The fraction of sp³-hybridized carbons (Fsp3) is 0.412. The molecule has 0 spiro atoms. The number of benzene rings is 2. The number of rotatable bonds is 8. The average Bonchev–Trinajstić information content (AvgIpc) is 3.02. The lowest BCUT2D eigenvalue weighted by molar-refractivity contribution is -0.142. The van der Waals surface area contributed by atoms with Gasteiger partial charge in [-0.1, -0.05) is 73.5 Å². The molecule has 0 bridgehead atoms. The number of carbonyl (C=O) groups excluding carboxylic acids is 2. The minimum Gasteiger partial charge on any atom is -0.466 e. The standard InChI is InChI=1S/C34H38N4O4S/c1-42-31(39)17-16-24-12-14-25(15-13-24)20-36-21-26(22-36)32(40)37-19-18-30-29(23-37)33(41)38(27-8-4-2-5-9-27)34(35-30)43-28-10-6-3-7-11-28/h2,4-5,8-9,12-17,26,28H,3,6-7,10-11,18-23H2,1H3/b17-16+. The van der Waals surface area contributed by atoms with E-state index in [0.29, 0.717) is 43.4 Å². The second-order valence-electron chi connectivity index (χ2n) is 11.7. The van der Waals surface area contributed by atoms with Crippen LogP contribution in [0.15, 0.2) is 70.6 Å². The predicted molar refractivity (Wildman–Crippen MR) is 168 cm³/mol. The van der Waals surface area contributed by atoms with Crippen LogP contribution in [0.1, 0.15) is 54.5 Å². The van der Waals surface area contributed by atoms with E-state index in [1.165, 1.54) is 32.4 Å². The first-order valence-corrected chi connectivity index (χ1v) is 16.1. The van der Waals surface area contributed by atoms with E-state index in [1.807, 2.05) is 59.5 Å². The van der Waals surface area contributed by atoms with Gasteiger partial charge in [-0.05, 0) is 42.2 Å². The number of nitrogens with zero attached hydrogens (tertiary/aromatic N) is 4. The zero-order valence-corrected chi connectivity index (χ0v) is 25.4. The average molecular weight is 599 g/mol. The summed E-state index contributed by atoms with van der Waals surface area (Å²) in [7, 11) is 1.36. The van der Waals surface area contributed by atoms with E-state index in [0.717, 1.165) is 47.1 Å². The number of methoxy groups -OCH3 is 1. The first-order chi connectivity index (χ1) is 21.0. The molecule has 2 aliphatic heterocycles. The third-order valence-corrected chi connectivity index (χ3v) is 9.94. The molecule has 1 saturated carbocycles. The molecule has 3 heterocycles. The SMILES string of the molecule is COC(=O)/C=C/c1ccc(CN2CC(C(=O)N3CCc4nc(SC5CCCCC5)n(-c5ccccc5)c(=O)c4C3)C2)cc1. The van der Waals surface area contributed by atoms with Gasteiger partial charge in [-0.15, -0.1) is 0 Å². The van der Waals surface area contributed by atoms with Gasteiger partial charge < -0.3 is 9.64 Å². The van der Waals surface area contributed by atoms with E-state index in [2.05, 4.69) is 9.64 Å². The summed E-state index contributed by atoms with van der Waals surface area (Å²) in [4.78, 5) is 48.0. The summed E-state index contributed by atoms with van der Waals surface area (Å²) in [5.74, 6) is -0.320. The molecule has 0 atom stereocenters. The summed E-state index contributed by atoms with van der Waals surface area (Å²) < 4.78 is 6.41. The monoisotopic (exact) mass is 598 g/mol. The molecule has 2 fully saturated rings. The number of esters is 1. The van der Waals surface area contributed by atoms with Crippen molar-refractivity contribution in [3.63, 3.8) is 0 Å². The van der Waals surface area contributed by atoms with Gasteiger partial charge in [0.2, 0.25) is 5.91 Å². The molecule has 8 nitrogen and oxygen atoms in total. The lowest BCUT2D eigenvalue weighted by atomic mass is 9.95. The van der Waals surface area contributed by atoms with Crippen LogP contribution in [0.3, 0.4) is 0 Å². The summed E-state index contributed by atoms with van der Waals surface area (Å²) in [5, 5.41) is 1.27. The molecule has 2 aromatic carbocycles. The van der Waals surface area contributed by atoms with Crippen LogP contribution in [0.4, 0.5) is 0 Å². The third kappa shape index (κ3) is 6.78. The number of amides is 1. The quantitative estimate of drug-likeness (QED) is 0.208. The van der Waals surface area contributed by atoms with Crippen molar-refractivity contribution in [2.75, 3.05) is 26.7 Å². The third-order valence-electron chi connectivity index (χ3n) is 8.65. The van der Waals surface area contributed by atoms with E-state index in [4.69, 9.17) is 4.98 Å². The summed E-state index contributed by atoms with van der Waals surface area (Å²) in [6.45, 7) is 3.09. The number of aromatic nitrogens is 2. The molecule has 0 N–H and O–H groups in total. The molecule has 1 saturated heterocycles. The van der Waals surface area contributed by atoms with Gasteiger partial charge in [0.25, 0.3) is 5.56 Å². The Hall–Kier alpha value is -3.69. The minimum absolute atomic E-state index is 0.0490. The normalized spacial score (nSPS) is 17.9. The fourth-order valence-electron chi connectivity index (χ4n) is 6.20. The second-order valence-corrected chi connectivity index (χ2v) is 12.9. The summed E-state index contributed by atoms with van der Waals surface area (Å²) in [6.07, 6.45) is 9.81. The number of likely N-dealkylation sites (tertiary alicyclic amines) is 1. The van der Waals surface area contributed by atoms with Gasteiger partial charge in [-0.25, -0.2) is 9.78 Å². The molecule has 0 radical (unpaired) electrons. The van der Waals surface area contributed by atoms with Crippen molar-refractivity contribution in [1.29, 1.82) is 0 Å². The van der Waals surface area contributed by atoms with Crippen molar-refractivity contribution < 1.29 is 14.3 Å². The Labute approximate surface area is 256 Å². The molecule has 1 aromatic heterocycles. The van der Waals surface area contributed by atoms with Crippen molar-refractivity contribution in [2.24, 2.45) is 5.92 Å². The highest BCUT2D eigenvalue weighted by atomic mass is 32.2. The van der Waals surface area contributed by atoms with Crippen molar-refractivity contribution >= 4 is 29.7 Å². The molecule has 1 amide bonds. The maximum Gasteiger partial charge on any atom is 0.330 e. The Morgan fingerprint density at radius 2 is 1.77 bits per heavy atom. The first kappa shape index (κ1) is 29.4. The topological polar surface area (TPSA) is 84.7 Å². The predicted octanol–water partition coefficient (Wildman–Crippen LogP) is 4.86. The van der Waals surface area contributed by atoms with Gasteiger partial charge >= 0.3 is 5.97 Å². The number of hydrogen-bond donors (Lipinski definition) is 0. The molecule has 6 rings (SSSR count). The number of hydrogen-bond acceptors (Lipinski definition) is 7. The van der Waals surface area contributed by atoms with Gasteiger partial charge in [-0.3, -0.25) is 19.1 Å². The largest absolute Gasteiger partial charge is 0.466 e. The first-order valence-electron chi connectivity index (χ1n) is 15.2. The van der Waals surface area contributed by atoms with Crippen molar-refractivity contribution in [1.82, 2.24) is 19.4 Å². The summed E-state index contributed by atoms with van der Waals surface area (Å²) >= 11 is 1.75. The number of ether oxygens (including phenoxy) is 1. The Kier molecular flexibility index (Phi) is 9.09. The van der Waals surface area contributed by atoms with Gasteiger partial charge in [0, 0.05) is 43.9 Å². The van der Waals surface area contributed by atoms with Gasteiger partial charge in [0.1, 0.15) is 0 Å². The molecule has 0 unspecified atom stereocenters. The molecule has 224 valence electrons. The minimum atomic E-state index is -0.380. The highest BCUT2D eigenvalue weighted by Gasteiger charge is 2.37. The van der Waals surface area contributed by atoms with Crippen LogP contribution >= 0.6 is 11.8 Å². The lowest BCUT2D eigenvalue weighted by Gasteiger charge is -2.41. The Balaban J connectivity index is 1.11. The van der Waals surface area contributed by atoms with Crippen molar-refractivity contribution in [3.05, 3.63) is 93.4 Å². The maximum absolute atomic E-state index is 14.0. The van der Waals surface area contributed by atoms with Crippen LogP contribution in [0.5, 0.6) is 0 Å². The number of para-hydroxylation sites is 1. The molecule has 9 heteroatoms. The Bertz CT molecular complexity index is 1540. The summed E-state index contributed by atoms with van der Waals surface area (Å²) in [6, 6.07) is 17.8. The number of thioether (sulfide) groups is 1. The summed E-state index contributed by atoms with van der Waals surface area (Å²) in [5.41, 5.74) is 4.35. The van der Waals surface area contributed by atoms with Crippen LogP contribution < -0.4 is 5.56 Å². The molecular weight excluding hydrogens is 560 g/mol. The number of fused-ring (bicyclic) bond motifs is 1. The van der Waals surface area contributed by atoms with E-state index < -0.39 is 0 Å². The molecule has 3 aliphatic rings.